The highest BCUT2D eigenvalue weighted by Gasteiger charge is 2.54. The van der Waals surface area contributed by atoms with E-state index in [1.165, 1.54) is 0 Å². The van der Waals surface area contributed by atoms with Gasteiger partial charge in [0.2, 0.25) is 6.29 Å². The van der Waals surface area contributed by atoms with Crippen molar-refractivity contribution in [2.45, 2.75) is 61.3 Å². The van der Waals surface area contributed by atoms with E-state index in [9.17, 15) is 30.6 Å². The van der Waals surface area contributed by atoms with Gasteiger partial charge in [-0.05, 0) is 0 Å². The lowest BCUT2D eigenvalue weighted by Gasteiger charge is -2.47. The molecule has 11 heteroatoms. The molecule has 2 heterocycles. The highest BCUT2D eigenvalue weighted by molar-refractivity contribution is 4.97. The molecule has 136 valence electrons. The van der Waals surface area contributed by atoms with E-state index < -0.39 is 68.1 Å². The summed E-state index contributed by atoms with van der Waals surface area (Å²) in [6, 6.07) is 0. The van der Waals surface area contributed by atoms with E-state index in [0.717, 1.165) is 0 Å². The normalized spacial score (nSPS) is 51.7. The third-order valence-corrected chi connectivity index (χ3v) is 4.06. The van der Waals surface area contributed by atoms with Gasteiger partial charge < -0.3 is 50.0 Å². The Bertz CT molecular complexity index is 396. The van der Waals surface area contributed by atoms with Crippen molar-refractivity contribution in [3.05, 3.63) is 0 Å². The van der Waals surface area contributed by atoms with Crippen molar-refractivity contribution in [2.24, 2.45) is 5.73 Å². The van der Waals surface area contributed by atoms with Crippen LogP contribution in [0.3, 0.4) is 0 Å². The van der Waals surface area contributed by atoms with E-state index in [1.54, 1.807) is 0 Å². The molecule has 2 aliphatic heterocycles. The Balaban J connectivity index is 2.10. The van der Waals surface area contributed by atoms with Crippen molar-refractivity contribution in [2.75, 3.05) is 13.2 Å². The van der Waals surface area contributed by atoms with E-state index in [-0.39, 0.29) is 6.42 Å². The smallest absolute Gasteiger partial charge is 0.200 e. The van der Waals surface area contributed by atoms with Crippen LogP contribution >= 0.6 is 0 Å². The van der Waals surface area contributed by atoms with Crippen LogP contribution in [-0.2, 0) is 14.2 Å². The summed E-state index contributed by atoms with van der Waals surface area (Å²) in [5, 5.41) is 67.2. The molecule has 9 atom stereocenters. The molecule has 0 saturated carbocycles. The number of nitrogens with two attached hydrogens (primary N) is 1. The van der Waals surface area contributed by atoms with Gasteiger partial charge in [0.1, 0.15) is 30.5 Å². The van der Waals surface area contributed by atoms with Gasteiger partial charge in [-0.1, -0.05) is 0 Å². The third-order valence-electron chi connectivity index (χ3n) is 4.06. The van der Waals surface area contributed by atoms with Gasteiger partial charge in [0, 0.05) is 6.42 Å². The first-order chi connectivity index (χ1) is 10.7. The second-order valence-electron chi connectivity index (χ2n) is 5.72. The maximum absolute atomic E-state index is 10.1. The second-order valence-corrected chi connectivity index (χ2v) is 5.72. The average molecular weight is 341 g/mol. The topological polar surface area (TPSA) is 195 Å². The minimum absolute atomic E-state index is 0.190. The van der Waals surface area contributed by atoms with Gasteiger partial charge >= 0.3 is 0 Å². The number of hydrogen-bond donors (Lipinski definition) is 8. The lowest BCUT2D eigenvalue weighted by atomic mass is 9.94. The standard InChI is InChI=1S/C12H23NO10/c13-12(20)10(18)9(6(3-15)22-11(12)19)23-7-1-4(16)8(17)5(2-14)21-7/h4-11,14-20H,1-3,13H2/t4-,5-,6-,7+,8-,9-,10+,11?,12-/m1/s1. The Labute approximate surface area is 131 Å². The van der Waals surface area contributed by atoms with Crippen molar-refractivity contribution >= 4 is 0 Å². The van der Waals surface area contributed by atoms with Crippen LogP contribution in [0, 0.1) is 0 Å². The molecule has 1 unspecified atom stereocenters. The van der Waals surface area contributed by atoms with Crippen molar-refractivity contribution in [1.82, 2.24) is 0 Å². The predicted molar refractivity (Wildman–Crippen MR) is 70.4 cm³/mol. The van der Waals surface area contributed by atoms with Crippen molar-refractivity contribution in [3.63, 3.8) is 0 Å². The van der Waals surface area contributed by atoms with Crippen molar-refractivity contribution < 1.29 is 50.0 Å². The molecule has 0 bridgehead atoms. The summed E-state index contributed by atoms with van der Waals surface area (Å²) in [6.45, 7) is -1.24. The predicted octanol–water partition coefficient (Wildman–Crippen LogP) is -5.08. The van der Waals surface area contributed by atoms with Crippen molar-refractivity contribution in [1.29, 1.82) is 0 Å². The first-order valence-corrected chi connectivity index (χ1v) is 7.14. The van der Waals surface area contributed by atoms with Crippen LogP contribution < -0.4 is 5.73 Å². The molecule has 0 aromatic carbocycles. The molecular weight excluding hydrogens is 318 g/mol. The van der Waals surface area contributed by atoms with Crippen LogP contribution in [0.15, 0.2) is 0 Å². The zero-order valence-electron chi connectivity index (χ0n) is 12.2. The van der Waals surface area contributed by atoms with Gasteiger partial charge in [-0.2, -0.15) is 0 Å². The molecule has 2 saturated heterocycles. The van der Waals surface area contributed by atoms with Crippen LogP contribution in [0.1, 0.15) is 6.42 Å². The number of ether oxygens (including phenoxy) is 3. The van der Waals surface area contributed by atoms with E-state index >= 15 is 0 Å². The van der Waals surface area contributed by atoms with Gasteiger partial charge in [-0.25, -0.2) is 0 Å². The quantitative estimate of drug-likeness (QED) is 0.228. The number of hydrogen-bond acceptors (Lipinski definition) is 11. The minimum Gasteiger partial charge on any atom is -0.394 e. The zero-order chi connectivity index (χ0) is 17.4. The SMILES string of the molecule is N[C@]1(O)C(O)O[C@H](CO)[C@@H](O[C@H]2C[C@@H](O)[C@@H](O)[C@@H](CO)O2)[C@@H]1O. The van der Waals surface area contributed by atoms with E-state index in [0.29, 0.717) is 0 Å². The molecular formula is C12H23NO10. The maximum atomic E-state index is 10.1. The third kappa shape index (κ3) is 3.65. The molecule has 2 fully saturated rings. The van der Waals surface area contributed by atoms with Crippen LogP contribution in [0.4, 0.5) is 0 Å². The molecule has 0 aromatic rings. The molecule has 11 nitrogen and oxygen atoms in total. The highest BCUT2D eigenvalue weighted by Crippen LogP contribution is 2.30. The molecule has 0 aromatic heterocycles. The Hall–Kier alpha value is -0.440. The number of rotatable bonds is 4. The summed E-state index contributed by atoms with van der Waals surface area (Å²) in [4.78, 5) is 0. The fourth-order valence-corrected chi connectivity index (χ4v) is 2.60. The summed E-state index contributed by atoms with van der Waals surface area (Å²) in [5.41, 5.74) is 2.84. The summed E-state index contributed by atoms with van der Waals surface area (Å²) >= 11 is 0. The van der Waals surface area contributed by atoms with Gasteiger partial charge in [0.05, 0.1) is 19.3 Å². The first kappa shape index (κ1) is 18.9. The van der Waals surface area contributed by atoms with Crippen LogP contribution in [0.2, 0.25) is 0 Å². The van der Waals surface area contributed by atoms with Gasteiger partial charge in [-0.3, -0.25) is 5.73 Å². The molecule has 0 spiro atoms. The number of aliphatic hydroxyl groups excluding tert-OH is 6. The Morgan fingerprint density at radius 1 is 1.04 bits per heavy atom. The maximum Gasteiger partial charge on any atom is 0.200 e. The molecule has 2 rings (SSSR count). The summed E-state index contributed by atoms with van der Waals surface area (Å²) < 4.78 is 15.5. The van der Waals surface area contributed by atoms with Gasteiger partial charge in [0.15, 0.2) is 12.0 Å². The Morgan fingerprint density at radius 3 is 2.22 bits per heavy atom. The Kier molecular flexibility index (Phi) is 5.92. The van der Waals surface area contributed by atoms with Gasteiger partial charge in [0.25, 0.3) is 0 Å². The average Bonchev–Trinajstić information content (AvgIpc) is 2.51. The van der Waals surface area contributed by atoms with Crippen LogP contribution in [0.25, 0.3) is 0 Å². The largest absolute Gasteiger partial charge is 0.394 e. The van der Waals surface area contributed by atoms with Crippen LogP contribution in [0.5, 0.6) is 0 Å². The minimum atomic E-state index is -2.54. The second kappa shape index (κ2) is 7.21. The highest BCUT2D eigenvalue weighted by atomic mass is 16.7. The lowest BCUT2D eigenvalue weighted by molar-refractivity contribution is -0.360. The van der Waals surface area contributed by atoms with Gasteiger partial charge in [-0.15, -0.1) is 0 Å². The van der Waals surface area contributed by atoms with E-state index in [4.69, 9.17) is 25.1 Å². The molecule has 2 aliphatic rings. The summed E-state index contributed by atoms with van der Waals surface area (Å²) in [6.07, 6.45) is -11.4. The van der Waals surface area contributed by atoms with E-state index in [1.807, 2.05) is 0 Å². The molecule has 9 N–H and O–H groups in total. The summed E-state index contributed by atoms with van der Waals surface area (Å²) in [5.74, 6) is 0. The van der Waals surface area contributed by atoms with Crippen molar-refractivity contribution in [3.8, 4) is 0 Å². The molecule has 0 radical (unpaired) electrons. The fourth-order valence-electron chi connectivity index (χ4n) is 2.60. The molecule has 0 aliphatic carbocycles. The summed E-state index contributed by atoms with van der Waals surface area (Å²) in [7, 11) is 0. The first-order valence-electron chi connectivity index (χ1n) is 7.14. The lowest BCUT2D eigenvalue weighted by Crippen LogP contribution is -2.72. The fraction of sp³-hybridized carbons (Fsp3) is 1.00. The van der Waals surface area contributed by atoms with E-state index in [2.05, 4.69) is 0 Å². The zero-order valence-corrected chi connectivity index (χ0v) is 12.2. The Morgan fingerprint density at radius 2 is 1.65 bits per heavy atom. The molecule has 0 amide bonds. The number of aliphatic hydroxyl groups is 7. The van der Waals surface area contributed by atoms with Crippen LogP contribution in [-0.4, -0.2) is 104 Å². The monoisotopic (exact) mass is 341 g/mol. The molecule has 23 heavy (non-hydrogen) atoms.